The van der Waals surface area contributed by atoms with Gasteiger partial charge in [-0.05, 0) is 29.8 Å². The number of rotatable bonds is 4. The normalized spacial score (nSPS) is 10.3. The molecule has 0 bridgehead atoms. The van der Waals surface area contributed by atoms with Gasteiger partial charge in [-0.2, -0.15) is 0 Å². The lowest BCUT2D eigenvalue weighted by molar-refractivity contribution is 0.306. The van der Waals surface area contributed by atoms with E-state index in [2.05, 4.69) is 9.97 Å². The second kappa shape index (κ2) is 6.05. The van der Waals surface area contributed by atoms with Crippen LogP contribution in [-0.2, 0) is 6.61 Å². The number of benzene rings is 2. The fourth-order valence-corrected chi connectivity index (χ4v) is 1.99. The summed E-state index contributed by atoms with van der Waals surface area (Å²) in [5.74, 6) is 0.785. The number of hydrogen-bond donors (Lipinski definition) is 1. The number of nitrogens with one attached hydrogen (secondary N) is 1. The van der Waals surface area contributed by atoms with Gasteiger partial charge in [0, 0.05) is 11.6 Å². The van der Waals surface area contributed by atoms with Crippen LogP contribution >= 0.6 is 0 Å². The Balaban J connectivity index is 1.71. The Morgan fingerprint density at radius 2 is 1.76 bits per heavy atom. The number of aromatic amines is 1. The fourth-order valence-electron chi connectivity index (χ4n) is 1.99. The number of hydrogen-bond acceptors (Lipinski definition) is 3. The Kier molecular flexibility index (Phi) is 3.78. The van der Waals surface area contributed by atoms with Crippen LogP contribution in [0.4, 0.5) is 0 Å². The van der Waals surface area contributed by atoms with E-state index in [1.165, 1.54) is 12.4 Å². The molecule has 1 heterocycles. The van der Waals surface area contributed by atoms with Gasteiger partial charge in [-0.3, -0.25) is 4.79 Å². The molecule has 0 aliphatic rings. The molecule has 0 atom stereocenters. The van der Waals surface area contributed by atoms with Crippen molar-refractivity contribution in [2.24, 2.45) is 0 Å². The SMILES string of the molecule is O=c1cc(-c2ccc(OCc3ccccc3)cc2)nc[nH]1. The van der Waals surface area contributed by atoms with Crippen molar-refractivity contribution >= 4 is 0 Å². The summed E-state index contributed by atoms with van der Waals surface area (Å²) in [5.41, 5.74) is 2.49. The van der Waals surface area contributed by atoms with Gasteiger partial charge in [-0.25, -0.2) is 4.98 Å². The van der Waals surface area contributed by atoms with E-state index < -0.39 is 0 Å². The van der Waals surface area contributed by atoms with Gasteiger partial charge in [0.2, 0.25) is 0 Å². The van der Waals surface area contributed by atoms with Crippen molar-refractivity contribution in [3.05, 3.63) is 82.9 Å². The summed E-state index contributed by atoms with van der Waals surface area (Å²) in [5, 5.41) is 0. The van der Waals surface area contributed by atoms with E-state index in [0.29, 0.717) is 12.3 Å². The molecule has 4 heteroatoms. The van der Waals surface area contributed by atoms with Crippen LogP contribution in [0, 0.1) is 0 Å². The molecule has 21 heavy (non-hydrogen) atoms. The van der Waals surface area contributed by atoms with E-state index in [0.717, 1.165) is 16.9 Å². The Morgan fingerprint density at radius 3 is 2.48 bits per heavy atom. The van der Waals surface area contributed by atoms with Gasteiger partial charge in [0.1, 0.15) is 12.4 Å². The average molecular weight is 278 g/mol. The molecule has 0 radical (unpaired) electrons. The third-order valence-corrected chi connectivity index (χ3v) is 3.08. The highest BCUT2D eigenvalue weighted by Gasteiger charge is 2.01. The van der Waals surface area contributed by atoms with Gasteiger partial charge in [-0.15, -0.1) is 0 Å². The van der Waals surface area contributed by atoms with Crippen LogP contribution in [0.15, 0.2) is 71.8 Å². The number of H-pyrrole nitrogens is 1. The molecule has 3 rings (SSSR count). The highest BCUT2D eigenvalue weighted by atomic mass is 16.5. The highest BCUT2D eigenvalue weighted by molar-refractivity contribution is 5.59. The maximum atomic E-state index is 11.3. The zero-order valence-corrected chi connectivity index (χ0v) is 11.3. The molecule has 1 N–H and O–H groups in total. The molecule has 104 valence electrons. The lowest BCUT2D eigenvalue weighted by Gasteiger charge is -2.07. The smallest absolute Gasteiger partial charge is 0.251 e. The summed E-state index contributed by atoms with van der Waals surface area (Å²) < 4.78 is 5.72. The first-order valence-electron chi connectivity index (χ1n) is 6.63. The van der Waals surface area contributed by atoms with Gasteiger partial charge < -0.3 is 9.72 Å². The summed E-state index contributed by atoms with van der Waals surface area (Å²) >= 11 is 0. The second-order valence-corrected chi connectivity index (χ2v) is 4.60. The zero-order chi connectivity index (χ0) is 14.5. The predicted octanol–water partition coefficient (Wildman–Crippen LogP) is 3.02. The largest absolute Gasteiger partial charge is 0.489 e. The van der Waals surface area contributed by atoms with Crippen molar-refractivity contribution < 1.29 is 4.74 Å². The lowest BCUT2D eigenvalue weighted by Crippen LogP contribution is -2.04. The lowest BCUT2D eigenvalue weighted by atomic mass is 10.1. The van der Waals surface area contributed by atoms with E-state index in [9.17, 15) is 4.79 Å². The summed E-state index contributed by atoms with van der Waals surface area (Å²) in [6.45, 7) is 0.531. The highest BCUT2D eigenvalue weighted by Crippen LogP contribution is 2.20. The Morgan fingerprint density at radius 1 is 1.00 bits per heavy atom. The van der Waals surface area contributed by atoms with E-state index in [4.69, 9.17) is 4.74 Å². The zero-order valence-electron chi connectivity index (χ0n) is 11.3. The molecular weight excluding hydrogens is 264 g/mol. The topological polar surface area (TPSA) is 55.0 Å². The van der Waals surface area contributed by atoms with Crippen molar-refractivity contribution in [1.29, 1.82) is 0 Å². The van der Waals surface area contributed by atoms with E-state index in [1.807, 2.05) is 54.6 Å². The summed E-state index contributed by atoms with van der Waals surface area (Å²) in [4.78, 5) is 17.9. The minimum absolute atomic E-state index is 0.163. The quantitative estimate of drug-likeness (QED) is 0.798. The van der Waals surface area contributed by atoms with Gasteiger partial charge in [0.25, 0.3) is 5.56 Å². The van der Waals surface area contributed by atoms with Crippen molar-refractivity contribution in [2.45, 2.75) is 6.61 Å². The molecule has 3 aromatic rings. The van der Waals surface area contributed by atoms with Crippen molar-refractivity contribution in [2.75, 3.05) is 0 Å². The van der Waals surface area contributed by atoms with Gasteiger partial charge in [0.15, 0.2) is 0 Å². The Bertz CT molecular complexity index is 765. The number of aromatic nitrogens is 2. The van der Waals surface area contributed by atoms with E-state index in [1.54, 1.807) is 0 Å². The number of ether oxygens (including phenoxy) is 1. The molecule has 0 amide bonds. The summed E-state index contributed by atoms with van der Waals surface area (Å²) in [6.07, 6.45) is 1.40. The monoisotopic (exact) mass is 278 g/mol. The molecule has 0 aliphatic carbocycles. The first-order chi connectivity index (χ1) is 10.3. The third kappa shape index (κ3) is 3.36. The Labute approximate surface area is 122 Å². The van der Waals surface area contributed by atoms with Crippen LogP contribution in [0.5, 0.6) is 5.75 Å². The van der Waals surface area contributed by atoms with Gasteiger partial charge in [-0.1, -0.05) is 30.3 Å². The maximum absolute atomic E-state index is 11.3. The molecule has 4 nitrogen and oxygen atoms in total. The first-order valence-corrected chi connectivity index (χ1v) is 6.63. The van der Waals surface area contributed by atoms with Crippen LogP contribution in [0.25, 0.3) is 11.3 Å². The van der Waals surface area contributed by atoms with Crippen molar-refractivity contribution in [1.82, 2.24) is 9.97 Å². The van der Waals surface area contributed by atoms with Crippen LogP contribution in [0.3, 0.4) is 0 Å². The van der Waals surface area contributed by atoms with Crippen molar-refractivity contribution in [3.8, 4) is 17.0 Å². The molecule has 0 aliphatic heterocycles. The van der Waals surface area contributed by atoms with Crippen LogP contribution in [0.2, 0.25) is 0 Å². The molecule has 2 aromatic carbocycles. The Hall–Kier alpha value is -2.88. The minimum Gasteiger partial charge on any atom is -0.489 e. The standard InChI is InChI=1S/C17H14N2O2/c20-17-10-16(18-12-19-17)14-6-8-15(9-7-14)21-11-13-4-2-1-3-5-13/h1-10,12H,11H2,(H,18,19,20). The maximum Gasteiger partial charge on any atom is 0.251 e. The molecule has 0 fully saturated rings. The molecular formula is C17H14N2O2. The van der Waals surface area contributed by atoms with Crippen LogP contribution in [0.1, 0.15) is 5.56 Å². The molecule has 1 aromatic heterocycles. The van der Waals surface area contributed by atoms with Crippen molar-refractivity contribution in [3.63, 3.8) is 0 Å². The van der Waals surface area contributed by atoms with Crippen LogP contribution in [-0.4, -0.2) is 9.97 Å². The first kappa shape index (κ1) is 13.1. The predicted molar refractivity (Wildman–Crippen MR) is 81.1 cm³/mol. The van der Waals surface area contributed by atoms with Gasteiger partial charge >= 0.3 is 0 Å². The molecule has 0 spiro atoms. The molecule has 0 saturated heterocycles. The second-order valence-electron chi connectivity index (χ2n) is 4.60. The van der Waals surface area contributed by atoms with Crippen LogP contribution < -0.4 is 10.3 Å². The summed E-state index contributed by atoms with van der Waals surface area (Å²) in [6, 6.07) is 19.0. The third-order valence-electron chi connectivity index (χ3n) is 3.08. The summed E-state index contributed by atoms with van der Waals surface area (Å²) in [7, 11) is 0. The minimum atomic E-state index is -0.163. The average Bonchev–Trinajstić information content (AvgIpc) is 2.54. The van der Waals surface area contributed by atoms with E-state index in [-0.39, 0.29) is 5.56 Å². The fraction of sp³-hybridized carbons (Fsp3) is 0.0588. The number of nitrogens with zero attached hydrogens (tertiary/aromatic N) is 1. The van der Waals surface area contributed by atoms with Gasteiger partial charge in [0.05, 0.1) is 12.0 Å². The molecule has 0 unspecified atom stereocenters. The van der Waals surface area contributed by atoms with E-state index >= 15 is 0 Å². The molecule has 0 saturated carbocycles.